The number of hydrogen-bond acceptors (Lipinski definition) is 4. The maximum atomic E-state index is 6.09. The van der Waals surface area contributed by atoms with Gasteiger partial charge in [0, 0.05) is 36.5 Å². The minimum Gasteiger partial charge on any atom is -0.497 e. The molecule has 3 rings (SSSR count). The van der Waals surface area contributed by atoms with Crippen LogP contribution in [-0.2, 0) is 4.74 Å². The van der Waals surface area contributed by atoms with Gasteiger partial charge < -0.3 is 19.5 Å². The van der Waals surface area contributed by atoms with E-state index in [1.54, 1.807) is 14.2 Å². The molecule has 2 aliphatic rings. The highest BCUT2D eigenvalue weighted by Crippen LogP contribution is 2.41. The van der Waals surface area contributed by atoms with Crippen LogP contribution in [0.1, 0.15) is 38.5 Å². The molecule has 0 amide bonds. The maximum Gasteiger partial charge on any atom is 0.124 e. The Morgan fingerprint density at radius 2 is 1.76 bits per heavy atom. The minimum atomic E-state index is 0.138. The number of ether oxygens (including phenoxy) is 3. The van der Waals surface area contributed by atoms with E-state index in [4.69, 9.17) is 14.2 Å². The quantitative estimate of drug-likeness (QED) is 0.920. The van der Waals surface area contributed by atoms with Crippen LogP contribution in [-0.4, -0.2) is 32.5 Å². The van der Waals surface area contributed by atoms with Gasteiger partial charge in [-0.1, -0.05) is 12.8 Å². The van der Waals surface area contributed by atoms with Crippen molar-refractivity contribution in [1.29, 1.82) is 0 Å². The number of anilines is 1. The molecule has 1 saturated heterocycles. The molecule has 4 nitrogen and oxygen atoms in total. The van der Waals surface area contributed by atoms with Crippen LogP contribution in [0.2, 0.25) is 0 Å². The lowest BCUT2D eigenvalue weighted by Crippen LogP contribution is -2.42. The summed E-state index contributed by atoms with van der Waals surface area (Å²) in [7, 11) is 3.36. The van der Waals surface area contributed by atoms with Gasteiger partial charge in [0.1, 0.15) is 11.5 Å². The maximum absolute atomic E-state index is 6.09. The highest BCUT2D eigenvalue weighted by atomic mass is 16.5. The summed E-state index contributed by atoms with van der Waals surface area (Å²) in [5.74, 6) is 1.64. The van der Waals surface area contributed by atoms with Crippen molar-refractivity contribution in [3.05, 3.63) is 18.2 Å². The van der Waals surface area contributed by atoms with Crippen LogP contribution in [0.4, 0.5) is 5.69 Å². The van der Waals surface area contributed by atoms with Gasteiger partial charge in [0.2, 0.25) is 0 Å². The summed E-state index contributed by atoms with van der Waals surface area (Å²) < 4.78 is 16.8. The van der Waals surface area contributed by atoms with Gasteiger partial charge in [-0.25, -0.2) is 0 Å². The molecule has 1 N–H and O–H groups in total. The van der Waals surface area contributed by atoms with Crippen molar-refractivity contribution in [2.75, 3.05) is 26.1 Å². The van der Waals surface area contributed by atoms with Gasteiger partial charge in [-0.05, 0) is 25.7 Å². The molecule has 1 aromatic rings. The van der Waals surface area contributed by atoms with Crippen LogP contribution >= 0.6 is 0 Å². The summed E-state index contributed by atoms with van der Waals surface area (Å²) in [6, 6.07) is 6.42. The fraction of sp³-hybridized carbons (Fsp3) is 0.647. The number of rotatable bonds is 4. The highest BCUT2D eigenvalue weighted by molar-refractivity contribution is 5.54. The van der Waals surface area contributed by atoms with Crippen molar-refractivity contribution >= 4 is 5.69 Å². The van der Waals surface area contributed by atoms with E-state index in [-0.39, 0.29) is 5.60 Å². The molecule has 1 atom stereocenters. The number of methoxy groups -OCH3 is 2. The Morgan fingerprint density at radius 3 is 2.38 bits per heavy atom. The first-order chi connectivity index (χ1) is 10.2. The third-order valence-corrected chi connectivity index (χ3v) is 4.73. The summed E-state index contributed by atoms with van der Waals surface area (Å²) in [6.45, 7) is 0.860. The predicted octanol–water partition coefficient (Wildman–Crippen LogP) is 3.61. The fourth-order valence-corrected chi connectivity index (χ4v) is 3.65. The summed E-state index contributed by atoms with van der Waals surface area (Å²) in [5, 5.41) is 3.64. The summed E-state index contributed by atoms with van der Waals surface area (Å²) in [4.78, 5) is 0. The molecule has 1 aliphatic heterocycles. The van der Waals surface area contributed by atoms with Crippen molar-refractivity contribution in [1.82, 2.24) is 0 Å². The zero-order valence-corrected chi connectivity index (χ0v) is 13.0. The van der Waals surface area contributed by atoms with E-state index in [1.165, 1.54) is 25.7 Å². The lowest BCUT2D eigenvalue weighted by atomic mass is 9.89. The molecule has 1 unspecified atom stereocenters. The molecular formula is C17H25NO3. The van der Waals surface area contributed by atoms with E-state index in [1.807, 2.05) is 18.2 Å². The van der Waals surface area contributed by atoms with Crippen molar-refractivity contribution in [2.45, 2.75) is 50.2 Å². The van der Waals surface area contributed by atoms with Crippen molar-refractivity contribution in [3.8, 4) is 11.5 Å². The molecule has 0 radical (unpaired) electrons. The molecular weight excluding hydrogens is 266 g/mol. The van der Waals surface area contributed by atoms with Crippen LogP contribution in [0.5, 0.6) is 11.5 Å². The Kier molecular flexibility index (Phi) is 4.24. The second-order valence-corrected chi connectivity index (χ2v) is 6.17. The average Bonchev–Trinajstić information content (AvgIpc) is 2.94. The lowest BCUT2D eigenvalue weighted by Gasteiger charge is -2.39. The smallest absolute Gasteiger partial charge is 0.124 e. The topological polar surface area (TPSA) is 39.7 Å². The zero-order chi connectivity index (χ0) is 14.7. The van der Waals surface area contributed by atoms with Gasteiger partial charge in [-0.3, -0.25) is 0 Å². The second kappa shape index (κ2) is 6.14. The SMILES string of the molecule is COc1cc(NC2CCOC3(CCCC3)C2)cc(OC)c1. The van der Waals surface area contributed by atoms with Crippen LogP contribution in [0.3, 0.4) is 0 Å². The van der Waals surface area contributed by atoms with Crippen LogP contribution in [0.25, 0.3) is 0 Å². The fourth-order valence-electron chi connectivity index (χ4n) is 3.65. The van der Waals surface area contributed by atoms with Crippen LogP contribution in [0.15, 0.2) is 18.2 Å². The van der Waals surface area contributed by atoms with Gasteiger partial charge in [0.15, 0.2) is 0 Å². The largest absolute Gasteiger partial charge is 0.497 e. The van der Waals surface area contributed by atoms with E-state index < -0.39 is 0 Å². The molecule has 4 heteroatoms. The summed E-state index contributed by atoms with van der Waals surface area (Å²) in [5.41, 5.74) is 1.20. The van der Waals surface area contributed by atoms with E-state index in [9.17, 15) is 0 Å². The van der Waals surface area contributed by atoms with Gasteiger partial charge in [0.05, 0.1) is 19.8 Å². The van der Waals surface area contributed by atoms with Crippen molar-refractivity contribution in [2.24, 2.45) is 0 Å². The van der Waals surface area contributed by atoms with Crippen molar-refractivity contribution < 1.29 is 14.2 Å². The first kappa shape index (κ1) is 14.5. The Balaban J connectivity index is 1.70. The minimum absolute atomic E-state index is 0.138. The molecule has 0 aromatic heterocycles. The Labute approximate surface area is 126 Å². The molecule has 0 bridgehead atoms. The van der Waals surface area contributed by atoms with Gasteiger partial charge in [0.25, 0.3) is 0 Å². The molecule has 116 valence electrons. The van der Waals surface area contributed by atoms with Crippen molar-refractivity contribution in [3.63, 3.8) is 0 Å². The number of benzene rings is 1. The van der Waals surface area contributed by atoms with Crippen LogP contribution < -0.4 is 14.8 Å². The number of nitrogens with one attached hydrogen (secondary N) is 1. The van der Waals surface area contributed by atoms with E-state index in [0.717, 1.165) is 36.6 Å². The Hall–Kier alpha value is -1.42. The van der Waals surface area contributed by atoms with Gasteiger partial charge in [-0.15, -0.1) is 0 Å². The van der Waals surface area contributed by atoms with Crippen LogP contribution in [0, 0.1) is 0 Å². The average molecular weight is 291 g/mol. The molecule has 2 fully saturated rings. The Bertz CT molecular complexity index is 461. The molecule has 1 heterocycles. The molecule has 1 saturated carbocycles. The van der Waals surface area contributed by atoms with Gasteiger partial charge in [-0.2, -0.15) is 0 Å². The summed E-state index contributed by atoms with van der Waals surface area (Å²) >= 11 is 0. The van der Waals surface area contributed by atoms with Gasteiger partial charge >= 0.3 is 0 Å². The lowest BCUT2D eigenvalue weighted by molar-refractivity contribution is -0.0767. The molecule has 1 spiro atoms. The summed E-state index contributed by atoms with van der Waals surface area (Å²) in [6.07, 6.45) is 7.20. The zero-order valence-electron chi connectivity index (χ0n) is 13.0. The normalized spacial score (nSPS) is 24.0. The first-order valence-electron chi connectivity index (χ1n) is 7.87. The number of hydrogen-bond donors (Lipinski definition) is 1. The standard InChI is InChI=1S/C17H25NO3/c1-19-15-9-14(10-16(11-15)20-2)18-13-5-8-21-17(12-13)6-3-4-7-17/h9-11,13,18H,3-8,12H2,1-2H3. The second-order valence-electron chi connectivity index (χ2n) is 6.17. The van der Waals surface area contributed by atoms with E-state index in [2.05, 4.69) is 5.32 Å². The monoisotopic (exact) mass is 291 g/mol. The predicted molar refractivity (Wildman–Crippen MR) is 83.3 cm³/mol. The first-order valence-corrected chi connectivity index (χ1v) is 7.87. The third-order valence-electron chi connectivity index (χ3n) is 4.73. The molecule has 21 heavy (non-hydrogen) atoms. The van der Waals surface area contributed by atoms with E-state index in [0.29, 0.717) is 6.04 Å². The third kappa shape index (κ3) is 3.26. The highest BCUT2D eigenvalue weighted by Gasteiger charge is 2.39. The van der Waals surface area contributed by atoms with E-state index >= 15 is 0 Å². The molecule has 1 aliphatic carbocycles. The molecule has 1 aromatic carbocycles. The Morgan fingerprint density at radius 1 is 1.10 bits per heavy atom.